The van der Waals surface area contributed by atoms with Crippen molar-refractivity contribution in [2.75, 3.05) is 33.0 Å². The van der Waals surface area contributed by atoms with Crippen molar-refractivity contribution in [3.05, 3.63) is 29.7 Å². The molecule has 0 radical (unpaired) electrons. The number of nitrogens with zero attached hydrogens (tertiary/aromatic N) is 4. The topological polar surface area (TPSA) is 125 Å². The number of carbonyl (C=O) groups excluding carboxylic acids is 1. The van der Waals surface area contributed by atoms with Crippen LogP contribution in [0, 0.1) is 5.92 Å². The number of alkyl halides is 3. The molecule has 0 bridgehead atoms. The van der Waals surface area contributed by atoms with Crippen molar-refractivity contribution in [1.29, 1.82) is 0 Å². The first-order valence-corrected chi connectivity index (χ1v) is 14.3. The van der Waals surface area contributed by atoms with Gasteiger partial charge in [-0.05, 0) is 49.8 Å². The summed E-state index contributed by atoms with van der Waals surface area (Å²) in [5.74, 6) is -0.0260. The maximum absolute atomic E-state index is 13.9. The summed E-state index contributed by atoms with van der Waals surface area (Å²) in [4.78, 5) is 22.3. The third-order valence-electron chi connectivity index (χ3n) is 7.90. The summed E-state index contributed by atoms with van der Waals surface area (Å²) >= 11 is 0. The molecule has 41 heavy (non-hydrogen) atoms. The summed E-state index contributed by atoms with van der Waals surface area (Å²) in [5.41, 5.74) is 5.40. The molecule has 13 heteroatoms. The van der Waals surface area contributed by atoms with Crippen molar-refractivity contribution >= 4 is 11.9 Å². The van der Waals surface area contributed by atoms with Crippen LogP contribution in [0.3, 0.4) is 0 Å². The Labute approximate surface area is 236 Å². The second-order valence-corrected chi connectivity index (χ2v) is 10.8. The second-order valence-electron chi connectivity index (χ2n) is 10.8. The van der Waals surface area contributed by atoms with Gasteiger partial charge in [-0.2, -0.15) is 23.1 Å². The average Bonchev–Trinajstić information content (AvgIpc) is 3.74. The lowest BCUT2D eigenvalue weighted by atomic mass is 9.87. The zero-order valence-corrected chi connectivity index (χ0v) is 22.9. The summed E-state index contributed by atoms with van der Waals surface area (Å²) in [5, 5.41) is 3.94. The number of halogens is 3. The minimum Gasteiger partial charge on any atom is -0.493 e. The lowest BCUT2D eigenvalue weighted by Gasteiger charge is -2.22. The summed E-state index contributed by atoms with van der Waals surface area (Å²) in [7, 11) is 0. The summed E-state index contributed by atoms with van der Waals surface area (Å²) in [6.45, 7) is 1.58. The molecule has 3 aliphatic rings. The lowest BCUT2D eigenvalue weighted by molar-refractivity contribution is -0.139. The molecule has 2 N–H and O–H groups in total. The van der Waals surface area contributed by atoms with Crippen LogP contribution in [-0.2, 0) is 20.4 Å². The number of hydrogen-bond acceptors (Lipinski definition) is 7. The first kappa shape index (κ1) is 29.3. The van der Waals surface area contributed by atoms with Gasteiger partial charge in [-0.25, -0.2) is 0 Å². The number of benzene rings is 1. The first-order valence-electron chi connectivity index (χ1n) is 14.3. The fourth-order valence-electron chi connectivity index (χ4n) is 5.67. The monoisotopic (exact) mass is 579 g/mol. The van der Waals surface area contributed by atoms with E-state index in [2.05, 4.69) is 15.1 Å². The molecule has 1 aromatic carbocycles. The Bertz CT molecular complexity index is 1210. The Balaban J connectivity index is 1.24. The zero-order valence-electron chi connectivity index (χ0n) is 22.9. The van der Waals surface area contributed by atoms with Crippen LogP contribution in [0.15, 0.2) is 27.7 Å². The van der Waals surface area contributed by atoms with E-state index in [1.807, 2.05) is 0 Å². The van der Waals surface area contributed by atoms with E-state index >= 15 is 0 Å². The van der Waals surface area contributed by atoms with Crippen molar-refractivity contribution in [3.63, 3.8) is 0 Å². The van der Waals surface area contributed by atoms with E-state index in [4.69, 9.17) is 24.5 Å². The number of amides is 1. The maximum Gasteiger partial charge on any atom is 0.419 e. The van der Waals surface area contributed by atoms with Crippen LogP contribution in [0.2, 0.25) is 0 Å². The molecule has 0 unspecified atom stereocenters. The number of aromatic nitrogens is 2. The fourth-order valence-corrected chi connectivity index (χ4v) is 5.67. The standard InChI is InChI=1S/C28H36F3N5O5/c29-28(30,31)21-15-19(8-9-23(21)39-14-10-18-5-2-1-3-6-18)25-34-26(41-35-25)22-7-4-12-36(22)27(32)33-24(37)17-40-20-11-13-38-16-20/h8-9,15,18,20,22H,1-7,10-14,16-17H2,(H2,32,33,37)/t20-,22+/m1/s1. The van der Waals surface area contributed by atoms with E-state index in [9.17, 15) is 18.0 Å². The molecule has 2 saturated heterocycles. The average molecular weight is 580 g/mol. The van der Waals surface area contributed by atoms with Gasteiger partial charge < -0.3 is 29.4 Å². The number of nitrogens with two attached hydrogens (primary N) is 1. The van der Waals surface area contributed by atoms with E-state index < -0.39 is 23.7 Å². The minimum atomic E-state index is -4.61. The molecule has 2 atom stereocenters. The van der Waals surface area contributed by atoms with Crippen LogP contribution in [0.1, 0.15) is 75.3 Å². The SMILES string of the molecule is NC(=NC(=O)CO[C@@H]1CCOC1)N1CCC[C@H]1c1nc(-c2ccc(OCCC3CCCCC3)c(C(F)(F)F)c2)no1. The zero-order chi connectivity index (χ0) is 28.8. The van der Waals surface area contributed by atoms with E-state index in [-0.39, 0.29) is 48.3 Å². The maximum atomic E-state index is 13.9. The van der Waals surface area contributed by atoms with Gasteiger partial charge in [0.25, 0.3) is 5.91 Å². The fraction of sp³-hybridized carbons (Fsp3) is 0.643. The molecule has 3 heterocycles. The van der Waals surface area contributed by atoms with Crippen LogP contribution in [0.5, 0.6) is 5.75 Å². The molecular weight excluding hydrogens is 543 g/mol. The highest BCUT2D eigenvalue weighted by atomic mass is 19.4. The predicted molar refractivity (Wildman–Crippen MR) is 142 cm³/mol. The molecule has 10 nitrogen and oxygen atoms in total. The Morgan fingerprint density at radius 3 is 2.73 bits per heavy atom. The van der Waals surface area contributed by atoms with E-state index in [1.165, 1.54) is 31.4 Å². The third-order valence-corrected chi connectivity index (χ3v) is 7.90. The number of likely N-dealkylation sites (tertiary alicyclic amines) is 1. The van der Waals surface area contributed by atoms with Crippen molar-refractivity contribution in [2.45, 2.75) is 76.1 Å². The van der Waals surface area contributed by atoms with Crippen LogP contribution < -0.4 is 10.5 Å². The Morgan fingerprint density at radius 2 is 1.98 bits per heavy atom. The van der Waals surface area contributed by atoms with Gasteiger partial charge in [0.15, 0.2) is 5.96 Å². The Morgan fingerprint density at radius 1 is 1.15 bits per heavy atom. The molecule has 5 rings (SSSR count). The van der Waals surface area contributed by atoms with Crippen LogP contribution in [0.4, 0.5) is 13.2 Å². The molecule has 224 valence electrons. The van der Waals surface area contributed by atoms with E-state index in [0.29, 0.717) is 32.1 Å². The van der Waals surface area contributed by atoms with Crippen molar-refractivity contribution in [3.8, 4) is 17.1 Å². The number of guanidine groups is 1. The molecular formula is C28H36F3N5O5. The molecule has 1 aromatic heterocycles. The Kier molecular flexibility index (Phi) is 9.43. The highest BCUT2D eigenvalue weighted by Gasteiger charge is 2.36. The van der Waals surface area contributed by atoms with E-state index in [1.54, 1.807) is 4.90 Å². The predicted octanol–water partition coefficient (Wildman–Crippen LogP) is 4.89. The van der Waals surface area contributed by atoms with Gasteiger partial charge in [-0.1, -0.05) is 37.3 Å². The van der Waals surface area contributed by atoms with Crippen LogP contribution in [0.25, 0.3) is 11.4 Å². The molecule has 0 spiro atoms. The molecule has 1 amide bonds. The minimum absolute atomic E-state index is 0.00221. The molecule has 2 aliphatic heterocycles. The highest BCUT2D eigenvalue weighted by molar-refractivity contribution is 5.93. The van der Waals surface area contributed by atoms with Gasteiger partial charge in [-0.3, -0.25) is 4.79 Å². The van der Waals surface area contributed by atoms with Crippen molar-refractivity contribution < 1.29 is 36.7 Å². The third kappa shape index (κ3) is 7.56. The first-order chi connectivity index (χ1) is 19.8. The molecule has 3 fully saturated rings. The molecule has 2 aromatic rings. The number of hydrogen-bond donors (Lipinski definition) is 1. The van der Waals surface area contributed by atoms with Gasteiger partial charge in [0.2, 0.25) is 11.7 Å². The normalized spacial score (nSPS) is 22.4. The van der Waals surface area contributed by atoms with Crippen LogP contribution in [-0.4, -0.2) is 66.0 Å². The lowest BCUT2D eigenvalue weighted by Crippen LogP contribution is -2.38. The molecule has 1 aliphatic carbocycles. The smallest absolute Gasteiger partial charge is 0.419 e. The van der Waals surface area contributed by atoms with Gasteiger partial charge in [0.05, 0.1) is 24.9 Å². The van der Waals surface area contributed by atoms with Gasteiger partial charge in [0, 0.05) is 18.7 Å². The quantitative estimate of drug-likeness (QED) is 0.327. The highest BCUT2D eigenvalue weighted by Crippen LogP contribution is 2.39. The molecule has 1 saturated carbocycles. The Hall–Kier alpha value is -3.19. The van der Waals surface area contributed by atoms with Gasteiger partial charge in [0.1, 0.15) is 18.4 Å². The number of aliphatic imine (C=N–C) groups is 1. The van der Waals surface area contributed by atoms with Crippen molar-refractivity contribution in [1.82, 2.24) is 15.0 Å². The number of carbonyl (C=O) groups is 1. The van der Waals surface area contributed by atoms with Crippen molar-refractivity contribution in [2.24, 2.45) is 16.6 Å². The van der Waals surface area contributed by atoms with E-state index in [0.717, 1.165) is 38.2 Å². The second kappa shape index (κ2) is 13.2. The summed E-state index contributed by atoms with van der Waals surface area (Å²) in [6, 6.07) is 3.34. The number of rotatable bonds is 9. The largest absolute Gasteiger partial charge is 0.493 e. The summed E-state index contributed by atoms with van der Waals surface area (Å²) in [6.07, 6.45) is 3.81. The number of ether oxygens (including phenoxy) is 3. The summed E-state index contributed by atoms with van der Waals surface area (Å²) < 4.78 is 63.6. The van der Waals surface area contributed by atoms with Gasteiger partial charge in [-0.15, -0.1) is 0 Å². The van der Waals surface area contributed by atoms with Gasteiger partial charge >= 0.3 is 6.18 Å². The van der Waals surface area contributed by atoms with Crippen LogP contribution >= 0.6 is 0 Å².